The fourth-order valence-corrected chi connectivity index (χ4v) is 13.7. The van der Waals surface area contributed by atoms with Gasteiger partial charge in [-0.2, -0.15) is 42.1 Å². The second-order valence-electron chi connectivity index (χ2n) is 23.9. The van der Waals surface area contributed by atoms with Crippen LogP contribution in [0.3, 0.4) is 0 Å². The summed E-state index contributed by atoms with van der Waals surface area (Å²) < 4.78 is 0. The first kappa shape index (κ1) is 61.2. The summed E-state index contributed by atoms with van der Waals surface area (Å²) in [7, 11) is 0. The van der Waals surface area contributed by atoms with Crippen molar-refractivity contribution in [2.75, 3.05) is 0 Å². The van der Waals surface area contributed by atoms with Crippen LogP contribution in [-0.4, -0.2) is 59.8 Å². The number of benzene rings is 13. The van der Waals surface area contributed by atoms with E-state index in [0.717, 1.165) is 113 Å². The van der Waals surface area contributed by atoms with E-state index in [0.29, 0.717) is 60.7 Å². The van der Waals surface area contributed by atoms with Crippen molar-refractivity contribution in [1.82, 2.24) is 59.8 Å². The van der Waals surface area contributed by atoms with Crippen LogP contribution in [0.25, 0.3) is 174 Å². The van der Waals surface area contributed by atoms with Gasteiger partial charge in [0.1, 0.15) is 81.7 Å². The lowest BCUT2D eigenvalue weighted by Crippen LogP contribution is -1.99. The Bertz CT molecular complexity index is 6730. The van der Waals surface area contributed by atoms with E-state index in [1.807, 2.05) is 182 Å². The number of pyridine rings is 2. The molecular formula is C84H36N20. The van der Waals surface area contributed by atoms with Gasteiger partial charge >= 0.3 is 0 Å². The van der Waals surface area contributed by atoms with Crippen LogP contribution in [0.5, 0.6) is 0 Å². The number of nitriles is 8. The number of aromatic nitrogens is 12. The second-order valence-corrected chi connectivity index (χ2v) is 23.9. The molecule has 20 heteroatoms. The molecule has 0 N–H and O–H groups in total. The van der Waals surface area contributed by atoms with Gasteiger partial charge in [0, 0.05) is 73.3 Å². The highest BCUT2D eigenvalue weighted by Crippen LogP contribution is 2.40. The third-order valence-electron chi connectivity index (χ3n) is 18.3. The average Bonchev–Trinajstić information content (AvgIpc) is 0.752. The summed E-state index contributed by atoms with van der Waals surface area (Å²) in [5, 5.41) is 94.6. The lowest BCUT2D eigenvalue weighted by atomic mass is 9.96. The van der Waals surface area contributed by atoms with Crippen molar-refractivity contribution in [3.63, 3.8) is 0 Å². The monoisotopic (exact) mass is 1320 g/mol. The molecule has 13 aromatic carbocycles. The molecule has 472 valence electrons. The topological polar surface area (TPSA) is 345 Å². The van der Waals surface area contributed by atoms with Gasteiger partial charge in [-0.05, 0) is 126 Å². The van der Waals surface area contributed by atoms with Gasteiger partial charge < -0.3 is 0 Å². The molecule has 20 aromatic rings. The van der Waals surface area contributed by atoms with Crippen molar-refractivity contribution in [2.45, 2.75) is 0 Å². The number of rotatable bonds is 0. The molecule has 0 amide bonds. The van der Waals surface area contributed by atoms with Gasteiger partial charge in [0.15, 0.2) is 45.6 Å². The van der Waals surface area contributed by atoms with Crippen molar-refractivity contribution in [1.29, 1.82) is 42.1 Å². The van der Waals surface area contributed by atoms with E-state index in [9.17, 15) is 42.1 Å². The first-order valence-corrected chi connectivity index (χ1v) is 32.0. The smallest absolute Gasteiger partial charge is 0.177 e. The number of hydrogen-bond donors (Lipinski definition) is 0. The van der Waals surface area contributed by atoms with Crippen LogP contribution in [0.2, 0.25) is 0 Å². The summed E-state index contributed by atoms with van der Waals surface area (Å²) in [4.78, 5) is 53.5. The van der Waals surface area contributed by atoms with Gasteiger partial charge in [-0.25, -0.2) is 39.9 Å². The van der Waals surface area contributed by atoms with Crippen molar-refractivity contribution in [3.05, 3.63) is 264 Å². The zero-order valence-corrected chi connectivity index (χ0v) is 53.7. The minimum atomic E-state index is -0.00732. The lowest BCUT2D eigenvalue weighted by molar-refractivity contribution is 1.20. The minimum Gasteiger partial charge on any atom is -0.256 e. The quantitative estimate of drug-likeness (QED) is 0.100. The van der Waals surface area contributed by atoms with E-state index in [4.69, 9.17) is 0 Å². The Labute approximate surface area is 585 Å². The zero-order chi connectivity index (χ0) is 70.7. The molecule has 0 unspecified atom stereocenters. The molecule has 0 spiro atoms. The molecule has 0 aliphatic carbocycles. The van der Waals surface area contributed by atoms with E-state index >= 15 is 0 Å². The molecular weight excluding hydrogens is 1290 g/mol. The molecule has 0 radical (unpaired) electrons. The standard InChI is InChI=1S/C22H10N4.2C21H9N5.C20H8N6/c23-11-19-20(12-24)26-22-18-10-14-6-2-1-5-13(14)9-17(18)15-7-3-4-8-16(15)21(22)25-19;22-10-17-18(11-23)26-21-16-9-13-5-2-1-4-12(13)8-15(16)19-14(20(21)25-17)6-3-7-24-19;22-10-17-18(11-23)26-21-19-14(6-3-7-24-19)15-8-12-4-1-2-5-13(12)9-16(15)20(21)25-17;21-9-15-16(10-22)26-20-18(25-15)14-8-12-4-2-1-3-11(12)7-13(14)17-19(20)24-6-5-23-17/h1-10H;2*1-9H;1-8H. The predicted octanol–water partition coefficient (Wildman–Crippen LogP) is 16.9. The van der Waals surface area contributed by atoms with Gasteiger partial charge in [0.2, 0.25) is 0 Å². The van der Waals surface area contributed by atoms with Crippen LogP contribution in [-0.2, 0) is 0 Å². The van der Waals surface area contributed by atoms with Gasteiger partial charge in [0.05, 0.1) is 33.1 Å². The maximum atomic E-state index is 9.36. The zero-order valence-electron chi connectivity index (χ0n) is 53.7. The molecule has 20 rings (SSSR count). The molecule has 0 aliphatic heterocycles. The molecule has 0 bridgehead atoms. The van der Waals surface area contributed by atoms with Crippen molar-refractivity contribution < 1.29 is 0 Å². The van der Waals surface area contributed by atoms with Crippen LogP contribution in [0.4, 0.5) is 0 Å². The molecule has 7 heterocycles. The van der Waals surface area contributed by atoms with E-state index in [2.05, 4.69) is 120 Å². The number of nitrogens with zero attached hydrogens (tertiary/aromatic N) is 20. The van der Waals surface area contributed by atoms with Gasteiger partial charge in [-0.1, -0.05) is 127 Å². The normalized spacial score (nSPS) is 11.0. The number of fused-ring (bicyclic) bond motifs is 28. The third kappa shape index (κ3) is 10.0. The minimum absolute atomic E-state index is 0.00732. The predicted molar refractivity (Wildman–Crippen MR) is 397 cm³/mol. The van der Waals surface area contributed by atoms with Crippen molar-refractivity contribution in [2.24, 2.45) is 0 Å². The summed E-state index contributed by atoms with van der Waals surface area (Å²) in [6.45, 7) is 0. The van der Waals surface area contributed by atoms with Crippen LogP contribution < -0.4 is 0 Å². The van der Waals surface area contributed by atoms with E-state index in [1.165, 1.54) is 0 Å². The van der Waals surface area contributed by atoms with Crippen LogP contribution in [0, 0.1) is 90.6 Å². The first-order chi connectivity index (χ1) is 51.2. The van der Waals surface area contributed by atoms with E-state index in [1.54, 1.807) is 24.8 Å². The van der Waals surface area contributed by atoms with Crippen LogP contribution >= 0.6 is 0 Å². The Morgan fingerprint density at radius 2 is 0.375 bits per heavy atom. The molecule has 0 fully saturated rings. The highest BCUT2D eigenvalue weighted by molar-refractivity contribution is 6.28. The Balaban J connectivity index is 0.000000103. The molecule has 0 saturated heterocycles. The molecule has 104 heavy (non-hydrogen) atoms. The summed E-state index contributed by atoms with van der Waals surface area (Å²) in [6, 6.07) is 80.2. The Kier molecular flexibility index (Phi) is 14.7. The van der Waals surface area contributed by atoms with Gasteiger partial charge in [-0.3, -0.25) is 19.9 Å². The summed E-state index contributed by atoms with van der Waals surface area (Å²) >= 11 is 0. The lowest BCUT2D eigenvalue weighted by Gasteiger charge is -2.11. The summed E-state index contributed by atoms with van der Waals surface area (Å²) in [6.07, 6.45) is 6.65. The summed E-state index contributed by atoms with van der Waals surface area (Å²) in [5.41, 5.74) is 7.67. The van der Waals surface area contributed by atoms with E-state index < -0.39 is 0 Å². The fraction of sp³-hybridized carbons (Fsp3) is 0. The van der Waals surface area contributed by atoms with E-state index in [-0.39, 0.29) is 45.6 Å². The first-order valence-electron chi connectivity index (χ1n) is 32.0. The molecule has 0 aliphatic rings. The van der Waals surface area contributed by atoms with Crippen molar-refractivity contribution in [3.8, 4) is 48.6 Å². The number of hydrogen-bond acceptors (Lipinski definition) is 20. The molecule has 7 aromatic heterocycles. The maximum Gasteiger partial charge on any atom is 0.177 e. The van der Waals surface area contributed by atoms with Gasteiger partial charge in [0.25, 0.3) is 0 Å². The Morgan fingerprint density at radius 1 is 0.163 bits per heavy atom. The highest BCUT2D eigenvalue weighted by Gasteiger charge is 2.22. The third-order valence-corrected chi connectivity index (χ3v) is 18.3. The molecule has 0 atom stereocenters. The average molecular weight is 1330 g/mol. The Hall–Kier alpha value is -16.4. The molecule has 20 nitrogen and oxygen atoms in total. The second kappa shape index (κ2) is 24.9. The van der Waals surface area contributed by atoms with Crippen molar-refractivity contribution >= 4 is 174 Å². The highest BCUT2D eigenvalue weighted by atomic mass is 14.9. The molecule has 0 saturated carbocycles. The fourth-order valence-electron chi connectivity index (χ4n) is 13.7. The Morgan fingerprint density at radius 3 is 0.760 bits per heavy atom. The van der Waals surface area contributed by atoms with Gasteiger partial charge in [-0.15, -0.1) is 0 Å². The summed E-state index contributed by atoms with van der Waals surface area (Å²) in [5.74, 6) is 0. The van der Waals surface area contributed by atoms with Crippen LogP contribution in [0.1, 0.15) is 45.6 Å². The SMILES string of the molecule is N#Cc1nc2c3cc4ccccc4cc3c3cccnc3c2nc1C#N.N#Cc1nc2c3cc4ccccc4cc3c3ncccc3c2nc1C#N.N#Cc1nc2c3cc4ccccc4cc3c3nccnc3c2nc1C#N.N#Cc1nc2c3ccccc3c3cc4ccccc4cc3c2nc1C#N. The van der Waals surface area contributed by atoms with Crippen LogP contribution in [0.15, 0.2) is 219 Å². The largest absolute Gasteiger partial charge is 0.256 e. The maximum absolute atomic E-state index is 9.36.